The van der Waals surface area contributed by atoms with E-state index in [-0.39, 0.29) is 5.97 Å². The molecule has 0 aliphatic heterocycles. The Hall–Kier alpha value is -1.55. The van der Waals surface area contributed by atoms with Crippen molar-refractivity contribution in [2.45, 2.75) is 18.2 Å². The first-order valence-corrected chi connectivity index (χ1v) is 6.03. The lowest BCUT2D eigenvalue weighted by Crippen LogP contribution is -1.96. The summed E-state index contributed by atoms with van der Waals surface area (Å²) in [5, 5.41) is 0. The van der Waals surface area contributed by atoms with Gasteiger partial charge in [0.1, 0.15) is 0 Å². The minimum Gasteiger partial charge on any atom is -0.466 e. The molecule has 0 aromatic heterocycles. The molecule has 17 heavy (non-hydrogen) atoms. The molecule has 3 nitrogen and oxygen atoms in total. The zero-order valence-corrected chi connectivity index (χ0v) is 10.6. The van der Waals surface area contributed by atoms with Crippen molar-refractivity contribution in [2.75, 3.05) is 7.11 Å². The van der Waals surface area contributed by atoms with Crippen molar-refractivity contribution in [1.29, 1.82) is 0 Å². The predicted octanol–water partition coefficient (Wildman–Crippen LogP) is 3.06. The number of carbonyl (C=O) groups is 2. The van der Waals surface area contributed by atoms with Gasteiger partial charge in [0.15, 0.2) is 6.29 Å². The fraction of sp³-hybridized carbons (Fsp3) is 0.231. The fourth-order valence-electron chi connectivity index (χ4n) is 1.21. The highest BCUT2D eigenvalue weighted by atomic mass is 32.2. The van der Waals surface area contributed by atoms with Crippen LogP contribution in [0.15, 0.2) is 40.1 Å². The summed E-state index contributed by atoms with van der Waals surface area (Å²) in [6.07, 6.45) is 2.98. The molecule has 0 amide bonds. The number of hydrogen-bond donors (Lipinski definition) is 0. The van der Waals surface area contributed by atoms with Crippen LogP contribution in [0.1, 0.15) is 23.7 Å². The number of thioether (sulfide) groups is 1. The van der Waals surface area contributed by atoms with Crippen LogP contribution >= 0.6 is 11.8 Å². The predicted molar refractivity (Wildman–Crippen MR) is 68.1 cm³/mol. The van der Waals surface area contributed by atoms with Gasteiger partial charge in [-0.3, -0.25) is 4.79 Å². The first-order chi connectivity index (χ1) is 8.21. The zero-order chi connectivity index (χ0) is 12.7. The number of hydrogen-bond acceptors (Lipinski definition) is 4. The lowest BCUT2D eigenvalue weighted by molar-refractivity contribution is -0.134. The molecule has 0 spiro atoms. The largest absolute Gasteiger partial charge is 0.466 e. The fourth-order valence-corrected chi connectivity index (χ4v) is 2.17. The Labute approximate surface area is 105 Å². The van der Waals surface area contributed by atoms with Crippen LogP contribution in [0.3, 0.4) is 0 Å². The topological polar surface area (TPSA) is 43.4 Å². The average molecular weight is 250 g/mol. The van der Waals surface area contributed by atoms with Crippen LogP contribution in [0, 0.1) is 0 Å². The molecule has 0 saturated heterocycles. The smallest absolute Gasteiger partial charge is 0.331 e. The maximum atomic E-state index is 11.1. The molecule has 1 aromatic carbocycles. The van der Waals surface area contributed by atoms with Crippen molar-refractivity contribution in [3.63, 3.8) is 0 Å². The summed E-state index contributed by atoms with van der Waals surface area (Å²) in [4.78, 5) is 23.7. The number of ether oxygens (including phenoxy) is 1. The van der Waals surface area contributed by atoms with Crippen molar-refractivity contribution < 1.29 is 14.3 Å². The van der Waals surface area contributed by atoms with Gasteiger partial charge in [-0.15, -0.1) is 0 Å². The highest BCUT2D eigenvalue weighted by molar-refractivity contribution is 8.03. The molecule has 0 saturated carbocycles. The second kappa shape index (κ2) is 6.91. The van der Waals surface area contributed by atoms with Gasteiger partial charge in [0.05, 0.1) is 7.11 Å². The Morgan fingerprint density at radius 3 is 2.71 bits per heavy atom. The number of carbonyl (C=O) groups excluding carboxylic acids is 2. The minimum atomic E-state index is -0.377. The summed E-state index contributed by atoms with van der Waals surface area (Å²) >= 11 is 1.41. The van der Waals surface area contributed by atoms with Gasteiger partial charge in [-0.1, -0.05) is 36.9 Å². The summed E-state index contributed by atoms with van der Waals surface area (Å²) in [6.45, 7) is 1.95. The van der Waals surface area contributed by atoms with Crippen molar-refractivity contribution in [3.05, 3.63) is 40.8 Å². The summed E-state index contributed by atoms with van der Waals surface area (Å²) in [7, 11) is 1.34. The van der Waals surface area contributed by atoms with Crippen LogP contribution < -0.4 is 0 Å². The highest BCUT2D eigenvalue weighted by Crippen LogP contribution is 2.30. The van der Waals surface area contributed by atoms with E-state index in [1.807, 2.05) is 25.1 Å². The lowest BCUT2D eigenvalue weighted by atomic mass is 10.2. The van der Waals surface area contributed by atoms with E-state index in [0.717, 1.165) is 16.1 Å². The van der Waals surface area contributed by atoms with E-state index in [1.54, 1.807) is 6.07 Å². The van der Waals surface area contributed by atoms with E-state index in [4.69, 9.17) is 0 Å². The SMILES string of the molecule is CC/C(=C/C(=O)OC)Sc1ccccc1C=O. The second-order valence-corrected chi connectivity index (χ2v) is 4.41. The summed E-state index contributed by atoms with van der Waals surface area (Å²) < 4.78 is 4.58. The summed E-state index contributed by atoms with van der Waals surface area (Å²) in [6, 6.07) is 7.28. The molecule has 1 rings (SSSR count). The average Bonchev–Trinajstić information content (AvgIpc) is 2.38. The standard InChI is InChI=1S/C13H14O3S/c1-3-11(8-13(15)16-2)17-12-7-5-4-6-10(12)9-14/h4-9H,3H2,1-2H3/b11-8-. The van der Waals surface area contributed by atoms with Crippen molar-refractivity contribution >= 4 is 24.0 Å². The highest BCUT2D eigenvalue weighted by Gasteiger charge is 2.06. The molecule has 0 radical (unpaired) electrons. The Bertz CT molecular complexity index is 438. The second-order valence-electron chi connectivity index (χ2n) is 3.25. The minimum absolute atomic E-state index is 0.377. The molecular formula is C13H14O3S. The van der Waals surface area contributed by atoms with Crippen LogP contribution in [-0.4, -0.2) is 19.4 Å². The van der Waals surface area contributed by atoms with E-state index < -0.39 is 0 Å². The number of aldehydes is 1. The molecule has 90 valence electrons. The van der Waals surface area contributed by atoms with Crippen LogP contribution in [0.2, 0.25) is 0 Å². The van der Waals surface area contributed by atoms with E-state index >= 15 is 0 Å². The van der Waals surface area contributed by atoms with E-state index in [1.165, 1.54) is 24.9 Å². The number of methoxy groups -OCH3 is 1. The maximum Gasteiger partial charge on any atom is 0.331 e. The van der Waals surface area contributed by atoms with Gasteiger partial charge < -0.3 is 4.74 Å². The number of allylic oxidation sites excluding steroid dienone is 1. The molecule has 0 unspecified atom stereocenters. The van der Waals surface area contributed by atoms with E-state index in [9.17, 15) is 9.59 Å². The van der Waals surface area contributed by atoms with Crippen LogP contribution in [0.5, 0.6) is 0 Å². The van der Waals surface area contributed by atoms with Crippen LogP contribution in [0.25, 0.3) is 0 Å². The van der Waals surface area contributed by atoms with E-state index in [0.29, 0.717) is 12.0 Å². The first-order valence-electron chi connectivity index (χ1n) is 5.21. The molecule has 0 fully saturated rings. The molecule has 0 bridgehead atoms. The van der Waals surface area contributed by atoms with Gasteiger partial charge in [0, 0.05) is 16.5 Å². The van der Waals surface area contributed by atoms with Gasteiger partial charge in [0.25, 0.3) is 0 Å². The lowest BCUT2D eigenvalue weighted by Gasteiger charge is -2.06. The first kappa shape index (κ1) is 13.5. The molecular weight excluding hydrogens is 236 g/mol. The third-order valence-electron chi connectivity index (χ3n) is 2.12. The molecule has 0 atom stereocenters. The van der Waals surface area contributed by atoms with Crippen molar-refractivity contribution in [2.24, 2.45) is 0 Å². The van der Waals surface area contributed by atoms with Crippen LogP contribution in [0.4, 0.5) is 0 Å². The number of rotatable bonds is 5. The Kier molecular flexibility index (Phi) is 5.49. The van der Waals surface area contributed by atoms with E-state index in [2.05, 4.69) is 4.74 Å². The third kappa shape index (κ3) is 4.07. The quantitative estimate of drug-likeness (QED) is 0.348. The molecule has 0 aliphatic rings. The summed E-state index contributed by atoms with van der Waals surface area (Å²) in [5.74, 6) is -0.377. The maximum absolute atomic E-state index is 11.1. The third-order valence-corrected chi connectivity index (χ3v) is 3.38. The number of esters is 1. The Morgan fingerprint density at radius 2 is 2.12 bits per heavy atom. The molecule has 1 aromatic rings. The summed E-state index contributed by atoms with van der Waals surface area (Å²) in [5.41, 5.74) is 0.627. The molecule has 0 aliphatic carbocycles. The Morgan fingerprint density at radius 1 is 1.41 bits per heavy atom. The normalized spacial score (nSPS) is 11.1. The van der Waals surface area contributed by atoms with Crippen molar-refractivity contribution in [1.82, 2.24) is 0 Å². The van der Waals surface area contributed by atoms with Crippen molar-refractivity contribution in [3.8, 4) is 0 Å². The van der Waals surface area contributed by atoms with Gasteiger partial charge in [-0.2, -0.15) is 0 Å². The number of benzene rings is 1. The molecule has 0 heterocycles. The molecule has 0 N–H and O–H groups in total. The zero-order valence-electron chi connectivity index (χ0n) is 9.80. The Balaban J connectivity index is 2.91. The van der Waals surface area contributed by atoms with Crippen LogP contribution in [-0.2, 0) is 9.53 Å². The van der Waals surface area contributed by atoms with Gasteiger partial charge in [0.2, 0.25) is 0 Å². The monoisotopic (exact) mass is 250 g/mol. The van der Waals surface area contributed by atoms with Gasteiger partial charge in [-0.05, 0) is 17.4 Å². The molecule has 4 heteroatoms. The van der Waals surface area contributed by atoms with Gasteiger partial charge in [-0.25, -0.2) is 4.79 Å². The van der Waals surface area contributed by atoms with Gasteiger partial charge >= 0.3 is 5.97 Å².